The smallest absolute Gasteiger partial charge is 0.410 e. The molecule has 0 saturated carbocycles. The number of carbonyl (C=O) groups is 1. The SMILES string of the molecule is Cc1cccc(OCC2CCN(C(=O)OC(C)(C)C)CC2)c1C. The van der Waals surface area contributed by atoms with Gasteiger partial charge in [0.2, 0.25) is 0 Å². The maximum atomic E-state index is 12.1. The summed E-state index contributed by atoms with van der Waals surface area (Å²) in [6, 6.07) is 6.16. The van der Waals surface area contributed by atoms with Crippen molar-refractivity contribution in [3.8, 4) is 5.75 Å². The summed E-state index contributed by atoms with van der Waals surface area (Å²) in [5, 5.41) is 0. The highest BCUT2D eigenvalue weighted by atomic mass is 16.6. The van der Waals surface area contributed by atoms with Gasteiger partial charge in [0.1, 0.15) is 11.4 Å². The second-order valence-corrected chi connectivity index (χ2v) is 7.42. The van der Waals surface area contributed by atoms with E-state index < -0.39 is 5.60 Å². The Morgan fingerprint density at radius 2 is 1.87 bits per heavy atom. The van der Waals surface area contributed by atoms with Gasteiger partial charge >= 0.3 is 6.09 Å². The lowest BCUT2D eigenvalue weighted by Gasteiger charge is -2.33. The standard InChI is InChI=1S/C19H29NO3/c1-14-7-6-8-17(15(14)2)22-13-16-9-11-20(12-10-16)18(21)23-19(3,4)5/h6-8,16H,9-13H2,1-5H3. The molecule has 4 nitrogen and oxygen atoms in total. The van der Waals surface area contributed by atoms with E-state index in [2.05, 4.69) is 19.9 Å². The fourth-order valence-electron chi connectivity index (χ4n) is 2.70. The van der Waals surface area contributed by atoms with Crippen LogP contribution in [-0.4, -0.2) is 36.3 Å². The van der Waals surface area contributed by atoms with E-state index >= 15 is 0 Å². The summed E-state index contributed by atoms with van der Waals surface area (Å²) >= 11 is 0. The number of piperidine rings is 1. The summed E-state index contributed by atoms with van der Waals surface area (Å²) in [6.45, 7) is 12.1. The number of likely N-dealkylation sites (tertiary alicyclic amines) is 1. The Kier molecular flexibility index (Phi) is 5.55. The van der Waals surface area contributed by atoms with Gasteiger partial charge in [-0.2, -0.15) is 0 Å². The minimum absolute atomic E-state index is 0.202. The maximum absolute atomic E-state index is 12.1. The quantitative estimate of drug-likeness (QED) is 0.832. The molecule has 0 aromatic heterocycles. The van der Waals surface area contributed by atoms with Gasteiger partial charge in [0.05, 0.1) is 6.61 Å². The van der Waals surface area contributed by atoms with Crippen LogP contribution >= 0.6 is 0 Å². The molecular formula is C19H29NO3. The molecule has 0 radical (unpaired) electrons. The molecule has 1 aliphatic heterocycles. The molecule has 0 N–H and O–H groups in total. The van der Waals surface area contributed by atoms with Crippen LogP contribution in [0.2, 0.25) is 0 Å². The lowest BCUT2D eigenvalue weighted by atomic mass is 9.98. The third-order valence-electron chi connectivity index (χ3n) is 4.30. The van der Waals surface area contributed by atoms with Crippen molar-refractivity contribution in [2.24, 2.45) is 5.92 Å². The molecule has 0 unspecified atom stereocenters. The van der Waals surface area contributed by atoms with E-state index in [1.807, 2.05) is 32.9 Å². The van der Waals surface area contributed by atoms with Crippen molar-refractivity contribution < 1.29 is 14.3 Å². The van der Waals surface area contributed by atoms with Crippen LogP contribution in [-0.2, 0) is 4.74 Å². The van der Waals surface area contributed by atoms with E-state index in [-0.39, 0.29) is 6.09 Å². The van der Waals surface area contributed by atoms with Gasteiger partial charge in [-0.3, -0.25) is 0 Å². The third-order valence-corrected chi connectivity index (χ3v) is 4.30. The molecule has 2 rings (SSSR count). The molecule has 1 heterocycles. The Balaban J connectivity index is 1.79. The van der Waals surface area contributed by atoms with Crippen LogP contribution in [0.25, 0.3) is 0 Å². The highest BCUT2D eigenvalue weighted by Gasteiger charge is 2.27. The number of amides is 1. The van der Waals surface area contributed by atoms with Crippen LogP contribution < -0.4 is 4.74 Å². The van der Waals surface area contributed by atoms with E-state index in [1.165, 1.54) is 11.1 Å². The van der Waals surface area contributed by atoms with E-state index in [0.717, 1.165) is 31.7 Å². The predicted octanol–water partition coefficient (Wildman–Crippen LogP) is 4.33. The average molecular weight is 319 g/mol. The van der Waals surface area contributed by atoms with Crippen molar-refractivity contribution in [3.63, 3.8) is 0 Å². The molecule has 1 amide bonds. The zero-order valence-electron chi connectivity index (χ0n) is 15.0. The summed E-state index contributed by atoms with van der Waals surface area (Å²) < 4.78 is 11.4. The van der Waals surface area contributed by atoms with Crippen LogP contribution in [0.4, 0.5) is 4.79 Å². The fraction of sp³-hybridized carbons (Fsp3) is 0.632. The first kappa shape index (κ1) is 17.6. The minimum atomic E-state index is -0.431. The highest BCUT2D eigenvalue weighted by molar-refractivity contribution is 5.68. The summed E-state index contributed by atoms with van der Waals surface area (Å²) in [5.74, 6) is 1.47. The second kappa shape index (κ2) is 7.24. The van der Waals surface area contributed by atoms with Crippen LogP contribution in [0, 0.1) is 19.8 Å². The summed E-state index contributed by atoms with van der Waals surface area (Å²) in [5.41, 5.74) is 2.03. The first-order valence-electron chi connectivity index (χ1n) is 8.43. The maximum Gasteiger partial charge on any atom is 0.410 e. The number of ether oxygens (including phenoxy) is 2. The monoisotopic (exact) mass is 319 g/mol. The normalized spacial score (nSPS) is 16.3. The van der Waals surface area contributed by atoms with E-state index in [4.69, 9.17) is 9.47 Å². The first-order chi connectivity index (χ1) is 10.8. The van der Waals surface area contributed by atoms with Gasteiger partial charge in [0.15, 0.2) is 0 Å². The Labute approximate surface area is 139 Å². The van der Waals surface area contributed by atoms with Crippen molar-refractivity contribution in [3.05, 3.63) is 29.3 Å². The Morgan fingerprint density at radius 3 is 2.48 bits per heavy atom. The van der Waals surface area contributed by atoms with Gasteiger partial charge in [-0.1, -0.05) is 12.1 Å². The Bertz CT molecular complexity index is 540. The molecule has 0 aliphatic carbocycles. The van der Waals surface area contributed by atoms with Crippen LogP contribution in [0.1, 0.15) is 44.7 Å². The second-order valence-electron chi connectivity index (χ2n) is 7.42. The third kappa shape index (κ3) is 5.15. The largest absolute Gasteiger partial charge is 0.493 e. The molecule has 1 fully saturated rings. The number of aryl methyl sites for hydroxylation is 1. The molecule has 1 aromatic rings. The number of hydrogen-bond acceptors (Lipinski definition) is 3. The molecule has 1 saturated heterocycles. The van der Waals surface area contributed by atoms with Crippen molar-refractivity contribution >= 4 is 6.09 Å². The van der Waals surface area contributed by atoms with E-state index in [0.29, 0.717) is 12.5 Å². The molecule has 0 bridgehead atoms. The van der Waals surface area contributed by atoms with E-state index in [1.54, 1.807) is 4.90 Å². The highest BCUT2D eigenvalue weighted by Crippen LogP contribution is 2.24. The minimum Gasteiger partial charge on any atom is -0.493 e. The van der Waals surface area contributed by atoms with Crippen molar-refractivity contribution in [2.45, 2.75) is 53.1 Å². The number of benzene rings is 1. The predicted molar refractivity (Wildman–Crippen MR) is 91.9 cm³/mol. The van der Waals surface area contributed by atoms with Gasteiger partial charge in [0.25, 0.3) is 0 Å². The molecule has 1 aromatic carbocycles. The van der Waals surface area contributed by atoms with Crippen LogP contribution in [0.5, 0.6) is 5.75 Å². The molecule has 128 valence electrons. The number of rotatable bonds is 3. The number of nitrogens with zero attached hydrogens (tertiary/aromatic N) is 1. The van der Waals surface area contributed by atoms with Crippen LogP contribution in [0.15, 0.2) is 18.2 Å². The summed E-state index contributed by atoms with van der Waals surface area (Å²) in [7, 11) is 0. The van der Waals surface area contributed by atoms with Gasteiger partial charge in [0, 0.05) is 13.1 Å². The topological polar surface area (TPSA) is 38.8 Å². The summed E-state index contributed by atoms with van der Waals surface area (Å²) in [4.78, 5) is 13.9. The molecule has 1 aliphatic rings. The van der Waals surface area contributed by atoms with Crippen LogP contribution in [0.3, 0.4) is 0 Å². The molecular weight excluding hydrogens is 290 g/mol. The fourth-order valence-corrected chi connectivity index (χ4v) is 2.70. The zero-order valence-corrected chi connectivity index (χ0v) is 15.0. The van der Waals surface area contributed by atoms with E-state index in [9.17, 15) is 4.79 Å². The van der Waals surface area contributed by atoms with Gasteiger partial charge in [-0.05, 0) is 70.6 Å². The molecule has 0 atom stereocenters. The van der Waals surface area contributed by atoms with Crippen molar-refractivity contribution in [1.82, 2.24) is 4.90 Å². The molecule has 4 heteroatoms. The number of hydrogen-bond donors (Lipinski definition) is 0. The first-order valence-corrected chi connectivity index (χ1v) is 8.43. The van der Waals surface area contributed by atoms with Gasteiger partial charge in [-0.15, -0.1) is 0 Å². The zero-order chi connectivity index (χ0) is 17.0. The number of carbonyl (C=O) groups excluding carboxylic acids is 1. The molecule has 0 spiro atoms. The van der Waals surface area contributed by atoms with Gasteiger partial charge in [-0.25, -0.2) is 4.79 Å². The Hall–Kier alpha value is -1.71. The molecule has 23 heavy (non-hydrogen) atoms. The van der Waals surface area contributed by atoms with Crippen molar-refractivity contribution in [1.29, 1.82) is 0 Å². The average Bonchev–Trinajstić information content (AvgIpc) is 2.47. The van der Waals surface area contributed by atoms with Crippen molar-refractivity contribution in [2.75, 3.05) is 19.7 Å². The lowest BCUT2D eigenvalue weighted by Crippen LogP contribution is -2.42. The summed E-state index contributed by atoms with van der Waals surface area (Å²) in [6.07, 6.45) is 1.72. The van der Waals surface area contributed by atoms with Gasteiger partial charge < -0.3 is 14.4 Å². The lowest BCUT2D eigenvalue weighted by molar-refractivity contribution is 0.0165. The Morgan fingerprint density at radius 1 is 1.22 bits per heavy atom.